The van der Waals surface area contributed by atoms with Gasteiger partial charge >= 0.3 is 5.97 Å². The number of pyridine rings is 3. The second-order valence-electron chi connectivity index (χ2n) is 8.40. The van der Waals surface area contributed by atoms with Crippen molar-refractivity contribution in [2.75, 3.05) is 23.8 Å². The van der Waals surface area contributed by atoms with Crippen LogP contribution >= 0.6 is 11.6 Å². The summed E-state index contributed by atoms with van der Waals surface area (Å²) in [4.78, 5) is 34.8. The van der Waals surface area contributed by atoms with Crippen LogP contribution in [0.4, 0.5) is 15.9 Å². The highest BCUT2D eigenvalue weighted by Gasteiger charge is 2.28. The number of hydrogen-bond donors (Lipinski definition) is 2. The molecule has 0 bridgehead atoms. The van der Waals surface area contributed by atoms with Gasteiger partial charge in [0.1, 0.15) is 18.0 Å². The summed E-state index contributed by atoms with van der Waals surface area (Å²) >= 11 is 6.63. The maximum Gasteiger partial charge on any atom is 0.341 e. The van der Waals surface area contributed by atoms with E-state index in [9.17, 15) is 19.1 Å². The molecule has 36 heavy (non-hydrogen) atoms. The normalized spacial score (nSPS) is 15.4. The van der Waals surface area contributed by atoms with Crippen molar-refractivity contribution in [3.05, 3.63) is 81.6 Å². The predicted molar refractivity (Wildman–Crippen MR) is 134 cm³/mol. The topological polar surface area (TPSA) is 124 Å². The van der Waals surface area contributed by atoms with Gasteiger partial charge in [-0.1, -0.05) is 11.6 Å². The second-order valence-corrected chi connectivity index (χ2v) is 8.81. The van der Waals surface area contributed by atoms with Gasteiger partial charge in [0, 0.05) is 24.3 Å². The largest absolute Gasteiger partial charge is 0.477 e. The van der Waals surface area contributed by atoms with Crippen LogP contribution in [0.1, 0.15) is 23.2 Å². The molecular weight excluding hydrogens is 489 g/mol. The minimum atomic E-state index is -1.35. The Hall–Kier alpha value is -4.18. The van der Waals surface area contributed by atoms with E-state index in [0.717, 1.165) is 12.8 Å². The first-order valence-corrected chi connectivity index (χ1v) is 11.6. The molecule has 4 aromatic rings. The molecule has 4 heterocycles. The average molecular weight is 510 g/mol. The summed E-state index contributed by atoms with van der Waals surface area (Å²) in [7, 11) is 0. The fourth-order valence-electron chi connectivity index (χ4n) is 4.44. The molecule has 3 aromatic heterocycles. The van der Waals surface area contributed by atoms with Gasteiger partial charge in [-0.05, 0) is 49.2 Å². The Morgan fingerprint density at radius 2 is 2.11 bits per heavy atom. The number of anilines is 2. The molecule has 1 aromatic carbocycles. The number of nitrogens with zero attached hydrogens (tertiary/aromatic N) is 4. The highest BCUT2D eigenvalue weighted by molar-refractivity contribution is 6.34. The van der Waals surface area contributed by atoms with E-state index in [1.54, 1.807) is 22.8 Å². The smallest absolute Gasteiger partial charge is 0.341 e. The highest BCUT2D eigenvalue weighted by atomic mass is 35.5. The Labute approximate surface area is 209 Å². The monoisotopic (exact) mass is 509 g/mol. The number of aromatic nitrogens is 3. The number of carboxylic acids is 1. The van der Waals surface area contributed by atoms with E-state index >= 15 is 0 Å². The number of fused-ring (bicyclic) bond motifs is 1. The molecule has 5 rings (SSSR count). The lowest BCUT2D eigenvalue weighted by Crippen LogP contribution is -2.34. The van der Waals surface area contributed by atoms with Gasteiger partial charge in [-0.25, -0.2) is 19.2 Å². The molecule has 9 nitrogen and oxygen atoms in total. The van der Waals surface area contributed by atoms with Gasteiger partial charge in [0.25, 0.3) is 0 Å². The number of benzene rings is 1. The fraction of sp³-hybridized carbons (Fsp3) is 0.200. The predicted octanol–water partition coefficient (Wildman–Crippen LogP) is 3.90. The molecule has 1 atom stereocenters. The average Bonchev–Trinajstić information content (AvgIpc) is 3.32. The second kappa shape index (κ2) is 9.46. The third-order valence-electron chi connectivity index (χ3n) is 6.18. The number of hydrogen-bond acceptors (Lipinski definition) is 7. The van der Waals surface area contributed by atoms with E-state index in [-0.39, 0.29) is 23.9 Å². The number of carbonyl (C=O) groups is 1. The molecule has 184 valence electrons. The maximum atomic E-state index is 14.0. The van der Waals surface area contributed by atoms with E-state index in [4.69, 9.17) is 22.1 Å². The van der Waals surface area contributed by atoms with Crippen LogP contribution in [0.15, 0.2) is 59.8 Å². The summed E-state index contributed by atoms with van der Waals surface area (Å²) in [5, 5.41) is 10.1. The quantitative estimate of drug-likeness (QED) is 0.401. The molecule has 0 unspecified atom stereocenters. The van der Waals surface area contributed by atoms with E-state index in [1.165, 1.54) is 36.8 Å². The highest BCUT2D eigenvalue weighted by Crippen LogP contribution is 2.35. The van der Waals surface area contributed by atoms with Gasteiger partial charge in [-0.15, -0.1) is 0 Å². The van der Waals surface area contributed by atoms with Gasteiger partial charge in [-0.2, -0.15) is 0 Å². The third-order valence-corrected chi connectivity index (χ3v) is 6.48. The number of nitrogen functional groups attached to an aromatic ring is 1. The van der Waals surface area contributed by atoms with Crippen LogP contribution in [0.5, 0.6) is 5.88 Å². The van der Waals surface area contributed by atoms with Crippen LogP contribution in [0, 0.1) is 5.82 Å². The van der Waals surface area contributed by atoms with Crippen molar-refractivity contribution in [2.24, 2.45) is 0 Å². The molecular formula is C25H21ClFN5O4. The number of aromatic carboxylic acids is 1. The number of carboxylic acid groups (broad SMARTS) is 1. The molecule has 1 aliphatic heterocycles. The van der Waals surface area contributed by atoms with Crippen LogP contribution in [-0.4, -0.2) is 44.8 Å². The minimum Gasteiger partial charge on any atom is -0.477 e. The van der Waals surface area contributed by atoms with Crippen molar-refractivity contribution < 1.29 is 19.0 Å². The summed E-state index contributed by atoms with van der Waals surface area (Å²) in [5.74, 6) is -1.66. The molecule has 1 fully saturated rings. The fourth-order valence-corrected chi connectivity index (χ4v) is 4.71. The maximum absolute atomic E-state index is 14.0. The molecule has 11 heteroatoms. The van der Waals surface area contributed by atoms with E-state index < -0.39 is 22.8 Å². The first-order chi connectivity index (χ1) is 17.3. The zero-order chi connectivity index (χ0) is 25.4. The van der Waals surface area contributed by atoms with Crippen molar-refractivity contribution in [3.8, 4) is 11.6 Å². The van der Waals surface area contributed by atoms with Crippen molar-refractivity contribution in [1.82, 2.24) is 14.5 Å². The number of halogens is 2. The van der Waals surface area contributed by atoms with E-state index in [0.29, 0.717) is 34.3 Å². The SMILES string of the molecule is Nc1ccc(-n2cc(C(=O)O)c(=O)c3cc(Cl)c(N4CCC[C@@H]4COc4ncccc4F)cc32)cn1. The Morgan fingerprint density at radius 1 is 1.28 bits per heavy atom. The van der Waals surface area contributed by atoms with Crippen molar-refractivity contribution in [2.45, 2.75) is 18.9 Å². The van der Waals surface area contributed by atoms with Gasteiger partial charge in [0.2, 0.25) is 11.3 Å². The van der Waals surface area contributed by atoms with Crippen LogP contribution in [0.3, 0.4) is 0 Å². The minimum absolute atomic E-state index is 0.0696. The molecule has 0 spiro atoms. The molecule has 1 saturated heterocycles. The van der Waals surface area contributed by atoms with Crippen LogP contribution in [-0.2, 0) is 0 Å². The molecule has 3 N–H and O–H groups in total. The Kier molecular flexibility index (Phi) is 6.19. The number of nitrogens with two attached hydrogens (primary N) is 1. The Morgan fingerprint density at radius 3 is 2.83 bits per heavy atom. The summed E-state index contributed by atoms with van der Waals surface area (Å²) in [6.45, 7) is 0.861. The van der Waals surface area contributed by atoms with Crippen LogP contribution in [0.2, 0.25) is 5.02 Å². The van der Waals surface area contributed by atoms with Crippen molar-refractivity contribution >= 4 is 40.0 Å². The lowest BCUT2D eigenvalue weighted by atomic mass is 10.1. The third kappa shape index (κ3) is 4.31. The molecule has 0 radical (unpaired) electrons. The van der Waals surface area contributed by atoms with Gasteiger partial charge < -0.3 is 25.0 Å². The Balaban J connectivity index is 1.59. The zero-order valence-electron chi connectivity index (χ0n) is 18.9. The standard InChI is InChI=1S/C25H21ClFN5O4/c26-18-9-16-20(32(12-17(23(16)33)25(34)35)14-5-6-22(28)30-11-14)10-21(18)31-8-2-3-15(31)13-36-24-19(27)4-1-7-29-24/h1,4-7,9-12,15H,2-3,8,13H2,(H2,28,30)(H,34,35)/t15-/m1/s1. The lowest BCUT2D eigenvalue weighted by Gasteiger charge is -2.28. The van der Waals surface area contributed by atoms with Crippen LogP contribution in [0.25, 0.3) is 16.6 Å². The van der Waals surface area contributed by atoms with Crippen LogP contribution < -0.4 is 20.8 Å². The molecule has 1 aliphatic rings. The summed E-state index contributed by atoms with van der Waals surface area (Å²) in [5.41, 5.74) is 6.31. The summed E-state index contributed by atoms with van der Waals surface area (Å²) in [6.07, 6.45) is 5.87. The van der Waals surface area contributed by atoms with Crippen molar-refractivity contribution in [3.63, 3.8) is 0 Å². The summed E-state index contributed by atoms with van der Waals surface area (Å²) < 4.78 is 21.2. The van der Waals surface area contributed by atoms with Gasteiger partial charge in [0.05, 0.1) is 34.2 Å². The first kappa shape index (κ1) is 23.6. The summed E-state index contributed by atoms with van der Waals surface area (Å²) in [6, 6.07) is 9.16. The van der Waals surface area contributed by atoms with E-state index in [1.807, 2.05) is 4.90 Å². The molecule has 0 saturated carbocycles. The van der Waals surface area contributed by atoms with Gasteiger partial charge in [0.15, 0.2) is 5.82 Å². The first-order valence-electron chi connectivity index (χ1n) is 11.2. The lowest BCUT2D eigenvalue weighted by molar-refractivity contribution is 0.0695. The van der Waals surface area contributed by atoms with Crippen molar-refractivity contribution in [1.29, 1.82) is 0 Å². The number of ether oxygens (including phenoxy) is 1. The molecule has 0 aliphatic carbocycles. The van der Waals surface area contributed by atoms with E-state index in [2.05, 4.69) is 9.97 Å². The van der Waals surface area contributed by atoms with Gasteiger partial charge in [-0.3, -0.25) is 4.79 Å². The zero-order valence-corrected chi connectivity index (χ0v) is 19.7. The Bertz CT molecular complexity index is 1530. The molecule has 0 amide bonds. The number of rotatable bonds is 6.